The Hall–Kier alpha value is -1.88. The van der Waals surface area contributed by atoms with Crippen LogP contribution in [0, 0.1) is 5.92 Å². The zero-order valence-corrected chi connectivity index (χ0v) is 9.73. The van der Waals surface area contributed by atoms with E-state index in [1.54, 1.807) is 6.20 Å². The Labute approximate surface area is 99.4 Å². The molecule has 0 aliphatic rings. The first kappa shape index (κ1) is 11.6. The zero-order valence-electron chi connectivity index (χ0n) is 9.73. The molecule has 2 rings (SSSR count). The number of nitrogens with one attached hydrogen (secondary N) is 2. The van der Waals surface area contributed by atoms with Gasteiger partial charge in [-0.25, -0.2) is 0 Å². The second-order valence-electron chi connectivity index (χ2n) is 4.14. The van der Waals surface area contributed by atoms with Gasteiger partial charge >= 0.3 is 0 Å². The van der Waals surface area contributed by atoms with E-state index in [1.165, 1.54) is 0 Å². The van der Waals surface area contributed by atoms with Gasteiger partial charge in [0, 0.05) is 17.0 Å². The molecule has 4 N–H and O–H groups in total. The van der Waals surface area contributed by atoms with E-state index in [2.05, 4.69) is 15.5 Å². The van der Waals surface area contributed by atoms with Crippen LogP contribution in [0.4, 0.5) is 5.69 Å². The number of aromatic nitrogens is 2. The molecular weight excluding hydrogens is 216 g/mol. The maximum atomic E-state index is 11.8. The van der Waals surface area contributed by atoms with Crippen LogP contribution in [0.1, 0.15) is 13.3 Å². The Kier molecular flexibility index (Phi) is 3.39. The van der Waals surface area contributed by atoms with E-state index < -0.39 is 0 Å². The third kappa shape index (κ3) is 2.62. The predicted octanol–water partition coefficient (Wildman–Crippen LogP) is 1.49. The molecule has 1 unspecified atom stereocenters. The Morgan fingerprint density at radius 2 is 2.41 bits per heavy atom. The van der Waals surface area contributed by atoms with Crippen LogP contribution >= 0.6 is 0 Å². The predicted molar refractivity (Wildman–Crippen MR) is 67.6 cm³/mol. The molecule has 17 heavy (non-hydrogen) atoms. The summed E-state index contributed by atoms with van der Waals surface area (Å²) in [5, 5.41) is 10.6. The number of hydrogen-bond donors (Lipinski definition) is 3. The quantitative estimate of drug-likeness (QED) is 0.746. The van der Waals surface area contributed by atoms with Gasteiger partial charge < -0.3 is 11.1 Å². The number of hydrogen-bond acceptors (Lipinski definition) is 3. The van der Waals surface area contributed by atoms with Crippen molar-refractivity contribution in [3.05, 3.63) is 24.4 Å². The number of fused-ring (bicyclic) bond motifs is 1. The molecule has 5 heteroatoms. The minimum atomic E-state index is -0.0694. The van der Waals surface area contributed by atoms with Crippen LogP contribution in [-0.2, 0) is 4.79 Å². The van der Waals surface area contributed by atoms with E-state index in [0.29, 0.717) is 13.0 Å². The summed E-state index contributed by atoms with van der Waals surface area (Å²) in [6.45, 7) is 2.40. The SMILES string of the molecule is CC(CCN)C(=O)Nc1ccc2[nH]ncc2c1. The number of benzene rings is 1. The summed E-state index contributed by atoms with van der Waals surface area (Å²) < 4.78 is 0. The zero-order chi connectivity index (χ0) is 12.3. The van der Waals surface area contributed by atoms with Crippen LogP contribution in [0.2, 0.25) is 0 Å². The highest BCUT2D eigenvalue weighted by Crippen LogP contribution is 2.17. The van der Waals surface area contributed by atoms with Crippen LogP contribution in [-0.4, -0.2) is 22.6 Å². The van der Waals surface area contributed by atoms with Crippen molar-refractivity contribution in [1.82, 2.24) is 10.2 Å². The molecule has 0 spiro atoms. The van der Waals surface area contributed by atoms with Crippen molar-refractivity contribution in [3.63, 3.8) is 0 Å². The molecule has 1 aromatic heterocycles. The fraction of sp³-hybridized carbons (Fsp3) is 0.333. The van der Waals surface area contributed by atoms with Gasteiger partial charge in [0.1, 0.15) is 0 Å². The van der Waals surface area contributed by atoms with Crippen LogP contribution < -0.4 is 11.1 Å². The van der Waals surface area contributed by atoms with Crippen LogP contribution in [0.15, 0.2) is 24.4 Å². The molecule has 0 aliphatic heterocycles. The lowest BCUT2D eigenvalue weighted by Crippen LogP contribution is -2.22. The lowest BCUT2D eigenvalue weighted by Gasteiger charge is -2.10. The summed E-state index contributed by atoms with van der Waals surface area (Å²) in [7, 11) is 0. The molecule has 0 fully saturated rings. The smallest absolute Gasteiger partial charge is 0.227 e. The van der Waals surface area contributed by atoms with Crippen molar-refractivity contribution in [1.29, 1.82) is 0 Å². The molecule has 90 valence electrons. The van der Waals surface area contributed by atoms with E-state index >= 15 is 0 Å². The van der Waals surface area contributed by atoms with Crippen LogP contribution in [0.3, 0.4) is 0 Å². The monoisotopic (exact) mass is 232 g/mol. The molecule has 1 aromatic carbocycles. The molecule has 5 nitrogen and oxygen atoms in total. The third-order valence-electron chi connectivity index (χ3n) is 2.76. The first-order chi connectivity index (χ1) is 8.20. The Balaban J connectivity index is 2.09. The number of nitrogens with zero attached hydrogens (tertiary/aromatic N) is 1. The summed E-state index contributed by atoms with van der Waals surface area (Å²) >= 11 is 0. The average molecular weight is 232 g/mol. The fourth-order valence-electron chi connectivity index (χ4n) is 1.67. The first-order valence-corrected chi connectivity index (χ1v) is 5.65. The number of carbonyl (C=O) groups is 1. The summed E-state index contributed by atoms with van der Waals surface area (Å²) in [4.78, 5) is 11.8. The molecule has 2 aromatic rings. The summed E-state index contributed by atoms with van der Waals surface area (Å²) in [6, 6.07) is 5.64. The largest absolute Gasteiger partial charge is 0.330 e. The van der Waals surface area contributed by atoms with Crippen molar-refractivity contribution < 1.29 is 4.79 Å². The lowest BCUT2D eigenvalue weighted by molar-refractivity contribution is -0.119. The number of H-pyrrole nitrogens is 1. The van der Waals surface area contributed by atoms with Gasteiger partial charge in [-0.3, -0.25) is 9.89 Å². The van der Waals surface area contributed by atoms with Gasteiger partial charge in [-0.05, 0) is 31.2 Å². The molecular formula is C12H16N4O. The van der Waals surface area contributed by atoms with Crippen molar-refractivity contribution in [3.8, 4) is 0 Å². The summed E-state index contributed by atoms with van der Waals surface area (Å²) in [5.41, 5.74) is 7.17. The second kappa shape index (κ2) is 4.97. The van der Waals surface area contributed by atoms with Crippen LogP contribution in [0.25, 0.3) is 10.9 Å². The lowest BCUT2D eigenvalue weighted by atomic mass is 10.1. The Morgan fingerprint density at radius 1 is 1.59 bits per heavy atom. The van der Waals surface area contributed by atoms with Crippen molar-refractivity contribution in [2.24, 2.45) is 11.7 Å². The van der Waals surface area contributed by atoms with Gasteiger partial charge in [-0.2, -0.15) is 5.10 Å². The second-order valence-corrected chi connectivity index (χ2v) is 4.14. The van der Waals surface area contributed by atoms with Gasteiger partial charge in [0.05, 0.1) is 11.7 Å². The highest BCUT2D eigenvalue weighted by molar-refractivity contribution is 5.94. The molecule has 1 heterocycles. The van der Waals surface area contributed by atoms with Gasteiger partial charge in [0.15, 0.2) is 0 Å². The fourth-order valence-corrected chi connectivity index (χ4v) is 1.67. The summed E-state index contributed by atoms with van der Waals surface area (Å²) in [5.74, 6) is -0.0710. The maximum Gasteiger partial charge on any atom is 0.227 e. The highest BCUT2D eigenvalue weighted by atomic mass is 16.1. The topological polar surface area (TPSA) is 83.8 Å². The average Bonchev–Trinajstić information content (AvgIpc) is 2.76. The highest BCUT2D eigenvalue weighted by Gasteiger charge is 2.12. The maximum absolute atomic E-state index is 11.8. The number of anilines is 1. The Morgan fingerprint density at radius 3 is 3.18 bits per heavy atom. The number of nitrogens with two attached hydrogens (primary N) is 1. The van der Waals surface area contributed by atoms with Gasteiger partial charge in [0.25, 0.3) is 0 Å². The molecule has 0 aliphatic carbocycles. The Bertz CT molecular complexity index is 520. The number of carbonyl (C=O) groups excluding carboxylic acids is 1. The van der Waals surface area contributed by atoms with E-state index in [1.807, 2.05) is 25.1 Å². The van der Waals surface area contributed by atoms with Crippen LogP contribution in [0.5, 0.6) is 0 Å². The number of rotatable bonds is 4. The minimum absolute atomic E-state index is 0.00158. The van der Waals surface area contributed by atoms with E-state index in [9.17, 15) is 4.79 Å². The van der Waals surface area contributed by atoms with Crippen molar-refractivity contribution in [2.45, 2.75) is 13.3 Å². The van der Waals surface area contributed by atoms with Gasteiger partial charge in [0.2, 0.25) is 5.91 Å². The normalized spacial score (nSPS) is 12.6. The molecule has 1 amide bonds. The molecule has 0 bridgehead atoms. The first-order valence-electron chi connectivity index (χ1n) is 5.65. The third-order valence-corrected chi connectivity index (χ3v) is 2.76. The van der Waals surface area contributed by atoms with E-state index in [4.69, 9.17) is 5.73 Å². The molecule has 0 saturated heterocycles. The standard InChI is InChI=1S/C12H16N4O/c1-8(4-5-13)12(17)15-10-2-3-11-9(6-10)7-14-16-11/h2-3,6-8H,4-5,13H2,1H3,(H,14,16)(H,15,17). The van der Waals surface area contributed by atoms with Gasteiger partial charge in [-0.1, -0.05) is 6.92 Å². The van der Waals surface area contributed by atoms with E-state index in [-0.39, 0.29) is 11.8 Å². The molecule has 0 saturated carbocycles. The minimum Gasteiger partial charge on any atom is -0.330 e. The van der Waals surface area contributed by atoms with Crippen molar-refractivity contribution in [2.75, 3.05) is 11.9 Å². The van der Waals surface area contributed by atoms with Crippen molar-refractivity contribution >= 4 is 22.5 Å². The molecule has 1 atom stereocenters. The summed E-state index contributed by atoms with van der Waals surface area (Å²) in [6.07, 6.45) is 2.42. The molecule has 0 radical (unpaired) electrons. The van der Waals surface area contributed by atoms with Gasteiger partial charge in [-0.15, -0.1) is 0 Å². The van der Waals surface area contributed by atoms with E-state index in [0.717, 1.165) is 16.6 Å². The number of aromatic amines is 1. The number of amides is 1.